The highest BCUT2D eigenvalue weighted by molar-refractivity contribution is 5.97. The zero-order chi connectivity index (χ0) is 17.6. The lowest BCUT2D eigenvalue weighted by Gasteiger charge is -2.08. The highest BCUT2D eigenvalue weighted by atomic mass is 16.2. The summed E-state index contributed by atoms with van der Waals surface area (Å²) in [5, 5.41) is 11.8. The maximum absolute atomic E-state index is 11.9. The van der Waals surface area contributed by atoms with Gasteiger partial charge in [-0.15, -0.1) is 0 Å². The van der Waals surface area contributed by atoms with Crippen LogP contribution in [0.1, 0.15) is 20.7 Å². The van der Waals surface area contributed by atoms with Crippen molar-refractivity contribution in [2.45, 2.75) is 0 Å². The van der Waals surface area contributed by atoms with E-state index in [1.165, 1.54) is 0 Å². The van der Waals surface area contributed by atoms with E-state index in [-0.39, 0.29) is 11.8 Å². The second-order valence-electron chi connectivity index (χ2n) is 5.17. The fraction of sp³-hybridized carbons (Fsp3) is 0.500. The molecule has 24 heavy (non-hydrogen) atoms. The van der Waals surface area contributed by atoms with E-state index in [4.69, 9.17) is 11.5 Å². The molecule has 0 fully saturated rings. The lowest BCUT2D eigenvalue weighted by atomic mass is 10.1. The fourth-order valence-corrected chi connectivity index (χ4v) is 1.96. The molecule has 0 spiro atoms. The Morgan fingerprint density at radius 3 is 1.38 bits per heavy atom. The van der Waals surface area contributed by atoms with Crippen molar-refractivity contribution < 1.29 is 9.59 Å². The summed E-state index contributed by atoms with van der Waals surface area (Å²) in [5.74, 6) is -0.329. The van der Waals surface area contributed by atoms with E-state index in [9.17, 15) is 9.59 Å². The van der Waals surface area contributed by atoms with Crippen LogP contribution in [-0.2, 0) is 0 Å². The van der Waals surface area contributed by atoms with Gasteiger partial charge in [-0.05, 0) is 24.3 Å². The first kappa shape index (κ1) is 20.0. The van der Waals surface area contributed by atoms with E-state index >= 15 is 0 Å². The fourth-order valence-electron chi connectivity index (χ4n) is 1.96. The Balaban J connectivity index is 2.33. The van der Waals surface area contributed by atoms with E-state index < -0.39 is 0 Å². The molecule has 0 saturated heterocycles. The number of rotatable bonds is 12. The van der Waals surface area contributed by atoms with Gasteiger partial charge in [0.25, 0.3) is 11.8 Å². The van der Waals surface area contributed by atoms with Gasteiger partial charge in [0.1, 0.15) is 0 Å². The summed E-state index contributed by atoms with van der Waals surface area (Å²) in [6.07, 6.45) is 0. The normalized spacial score (nSPS) is 10.4. The van der Waals surface area contributed by atoms with Crippen molar-refractivity contribution in [2.75, 3.05) is 52.4 Å². The molecule has 8 N–H and O–H groups in total. The van der Waals surface area contributed by atoms with Crippen LogP contribution in [0.15, 0.2) is 24.3 Å². The summed E-state index contributed by atoms with van der Waals surface area (Å²) in [6.45, 7) is 4.97. The quantitative estimate of drug-likeness (QED) is 0.251. The van der Waals surface area contributed by atoms with Gasteiger partial charge < -0.3 is 32.7 Å². The summed E-state index contributed by atoms with van der Waals surface area (Å²) in [4.78, 5) is 23.9. The van der Waals surface area contributed by atoms with Crippen molar-refractivity contribution in [3.8, 4) is 0 Å². The van der Waals surface area contributed by atoms with Crippen LogP contribution in [0.4, 0.5) is 0 Å². The van der Waals surface area contributed by atoms with Crippen LogP contribution in [0.3, 0.4) is 0 Å². The third-order valence-electron chi connectivity index (χ3n) is 3.23. The first-order valence-corrected chi connectivity index (χ1v) is 8.17. The van der Waals surface area contributed by atoms with E-state index in [1.54, 1.807) is 24.3 Å². The van der Waals surface area contributed by atoms with Gasteiger partial charge in [-0.2, -0.15) is 0 Å². The molecule has 0 aliphatic heterocycles. The van der Waals surface area contributed by atoms with Gasteiger partial charge in [-0.3, -0.25) is 9.59 Å². The molecule has 1 aromatic carbocycles. The highest BCUT2D eigenvalue weighted by Gasteiger charge is 2.08. The van der Waals surface area contributed by atoms with Crippen LogP contribution >= 0.6 is 0 Å². The van der Waals surface area contributed by atoms with Crippen LogP contribution in [-0.4, -0.2) is 64.2 Å². The van der Waals surface area contributed by atoms with Crippen LogP contribution in [0.25, 0.3) is 0 Å². The van der Waals surface area contributed by atoms with Crippen molar-refractivity contribution in [1.82, 2.24) is 21.3 Å². The van der Waals surface area contributed by atoms with Crippen molar-refractivity contribution in [3.05, 3.63) is 35.4 Å². The van der Waals surface area contributed by atoms with E-state index in [1.807, 2.05) is 0 Å². The number of nitrogens with one attached hydrogen (secondary N) is 4. The van der Waals surface area contributed by atoms with Crippen molar-refractivity contribution in [2.24, 2.45) is 11.5 Å². The zero-order valence-electron chi connectivity index (χ0n) is 13.9. The molecule has 0 unspecified atom stereocenters. The third kappa shape index (κ3) is 8.02. The lowest BCUT2D eigenvalue weighted by Crippen LogP contribution is -2.34. The Hall–Kier alpha value is -2.00. The van der Waals surface area contributed by atoms with Crippen LogP contribution in [0.2, 0.25) is 0 Å². The number of nitrogens with two attached hydrogens (primary N) is 2. The molecule has 8 nitrogen and oxygen atoms in total. The molecule has 0 bridgehead atoms. The maximum Gasteiger partial charge on any atom is 0.251 e. The second kappa shape index (κ2) is 12.4. The van der Waals surface area contributed by atoms with Gasteiger partial charge in [-0.1, -0.05) is 0 Å². The topological polar surface area (TPSA) is 134 Å². The molecule has 0 aliphatic carbocycles. The van der Waals surface area contributed by atoms with Crippen LogP contribution < -0.4 is 32.7 Å². The molecule has 1 rings (SSSR count). The number of amides is 2. The van der Waals surface area contributed by atoms with Crippen molar-refractivity contribution in [3.63, 3.8) is 0 Å². The molecule has 0 saturated carbocycles. The molecule has 2 amide bonds. The minimum atomic E-state index is -0.164. The van der Waals surface area contributed by atoms with Crippen LogP contribution in [0, 0.1) is 0 Å². The Morgan fingerprint density at radius 1 is 0.667 bits per heavy atom. The molecule has 0 radical (unpaired) electrons. The van der Waals surface area contributed by atoms with E-state index in [0.29, 0.717) is 50.4 Å². The summed E-state index contributed by atoms with van der Waals surface area (Å²) >= 11 is 0. The Labute approximate surface area is 142 Å². The van der Waals surface area contributed by atoms with Crippen molar-refractivity contribution in [1.29, 1.82) is 0 Å². The average molecular weight is 336 g/mol. The second-order valence-corrected chi connectivity index (χ2v) is 5.17. The molecule has 0 heterocycles. The predicted octanol–water partition coefficient (Wildman–Crippen LogP) is -1.76. The first-order valence-electron chi connectivity index (χ1n) is 8.17. The number of benzene rings is 1. The van der Waals surface area contributed by atoms with Gasteiger partial charge in [0.15, 0.2) is 0 Å². The molecule has 134 valence electrons. The third-order valence-corrected chi connectivity index (χ3v) is 3.23. The zero-order valence-corrected chi connectivity index (χ0v) is 13.9. The smallest absolute Gasteiger partial charge is 0.251 e. The van der Waals surface area contributed by atoms with Gasteiger partial charge in [0.05, 0.1) is 0 Å². The summed E-state index contributed by atoms with van der Waals surface area (Å²) in [6, 6.07) is 6.57. The Morgan fingerprint density at radius 2 is 1.04 bits per heavy atom. The molecule has 0 aromatic heterocycles. The summed E-state index contributed by atoms with van der Waals surface area (Å²) < 4.78 is 0. The highest BCUT2D eigenvalue weighted by Crippen LogP contribution is 2.04. The summed E-state index contributed by atoms with van der Waals surface area (Å²) in [5.41, 5.74) is 11.8. The minimum absolute atomic E-state index is 0.164. The maximum atomic E-state index is 11.9. The van der Waals surface area contributed by atoms with E-state index in [2.05, 4.69) is 21.3 Å². The first-order chi connectivity index (χ1) is 11.7. The largest absolute Gasteiger partial charge is 0.351 e. The molecule has 1 aromatic rings. The van der Waals surface area contributed by atoms with Gasteiger partial charge in [0.2, 0.25) is 0 Å². The number of hydrogen-bond acceptors (Lipinski definition) is 6. The van der Waals surface area contributed by atoms with Gasteiger partial charge in [0, 0.05) is 63.5 Å². The average Bonchev–Trinajstić information content (AvgIpc) is 2.61. The molecule has 8 heteroatoms. The minimum Gasteiger partial charge on any atom is -0.351 e. The lowest BCUT2D eigenvalue weighted by molar-refractivity contribution is 0.0942. The number of carbonyl (C=O) groups is 2. The van der Waals surface area contributed by atoms with Crippen molar-refractivity contribution >= 4 is 11.8 Å². The van der Waals surface area contributed by atoms with E-state index in [0.717, 1.165) is 13.1 Å². The summed E-state index contributed by atoms with van der Waals surface area (Å²) in [7, 11) is 0. The molecule has 0 atom stereocenters. The molecular formula is C16H28N6O2. The van der Waals surface area contributed by atoms with Gasteiger partial charge in [-0.25, -0.2) is 0 Å². The SMILES string of the molecule is NCCNCCNC(=O)c1ccc(C(=O)NCCNCCN)cc1. The predicted molar refractivity (Wildman–Crippen MR) is 95.0 cm³/mol. The Bertz CT molecular complexity index is 447. The van der Waals surface area contributed by atoms with Gasteiger partial charge >= 0.3 is 0 Å². The molecular weight excluding hydrogens is 308 g/mol. The standard InChI is InChI=1S/C16H28N6O2/c17-5-7-19-9-11-21-15(23)13-1-2-14(4-3-13)16(24)22-12-10-20-8-6-18/h1-4,19-20H,5-12,17-18H2,(H,21,23)(H,22,24). The number of carbonyl (C=O) groups excluding carboxylic acids is 2. The molecule has 0 aliphatic rings. The Kier molecular flexibility index (Phi) is 10.4. The number of hydrogen-bond donors (Lipinski definition) is 6. The van der Waals surface area contributed by atoms with Crippen LogP contribution in [0.5, 0.6) is 0 Å². The monoisotopic (exact) mass is 336 g/mol.